The van der Waals surface area contributed by atoms with Crippen molar-refractivity contribution >= 4 is 5.91 Å². The Morgan fingerprint density at radius 1 is 1.24 bits per heavy atom. The van der Waals surface area contributed by atoms with E-state index in [1.54, 1.807) is 0 Å². The lowest BCUT2D eigenvalue weighted by Gasteiger charge is -2.47. The second kappa shape index (κ2) is 5.80. The van der Waals surface area contributed by atoms with E-state index in [2.05, 4.69) is 20.8 Å². The molecule has 1 amide bonds. The Bertz CT molecular complexity index is 497. The summed E-state index contributed by atoms with van der Waals surface area (Å²) in [5.74, 6) is 0.0915. The Kier molecular flexibility index (Phi) is 4.43. The first-order chi connectivity index (χ1) is 9.71. The van der Waals surface area contributed by atoms with E-state index in [4.69, 9.17) is 5.73 Å². The molecule has 0 aromatic heterocycles. The monoisotopic (exact) mass is 288 g/mol. The number of amides is 1. The largest absolute Gasteiger partial charge is 0.341 e. The van der Waals surface area contributed by atoms with E-state index < -0.39 is 0 Å². The van der Waals surface area contributed by atoms with Gasteiger partial charge in [0.1, 0.15) is 0 Å². The summed E-state index contributed by atoms with van der Waals surface area (Å²) in [4.78, 5) is 14.3. The van der Waals surface area contributed by atoms with Crippen LogP contribution in [0.1, 0.15) is 50.4 Å². The maximum Gasteiger partial charge on any atom is 0.253 e. The lowest BCUT2D eigenvalue weighted by Crippen LogP contribution is -2.48. The highest BCUT2D eigenvalue weighted by molar-refractivity contribution is 5.94. The fraction of sp³-hybridized carbons (Fsp3) is 0.611. The van der Waals surface area contributed by atoms with Crippen LogP contribution in [0.25, 0.3) is 0 Å². The van der Waals surface area contributed by atoms with E-state index in [9.17, 15) is 4.79 Å². The van der Waals surface area contributed by atoms with Crippen molar-refractivity contribution in [3.8, 4) is 0 Å². The Balaban J connectivity index is 2.08. The first kappa shape index (κ1) is 16.0. The van der Waals surface area contributed by atoms with Crippen LogP contribution in [0.5, 0.6) is 0 Å². The molecule has 0 aliphatic heterocycles. The normalized spacial score (nSPS) is 28.1. The molecule has 1 saturated carbocycles. The second-order valence-electron chi connectivity index (χ2n) is 7.85. The van der Waals surface area contributed by atoms with Gasteiger partial charge in [0.05, 0.1) is 0 Å². The van der Waals surface area contributed by atoms with Crippen LogP contribution in [-0.2, 0) is 0 Å². The first-order valence-corrected chi connectivity index (χ1v) is 7.77. The molecule has 1 aliphatic carbocycles. The molecule has 0 saturated heterocycles. The Hall–Kier alpha value is -1.35. The van der Waals surface area contributed by atoms with Crippen molar-refractivity contribution in [2.45, 2.75) is 46.1 Å². The first-order valence-electron chi connectivity index (χ1n) is 7.77. The van der Waals surface area contributed by atoms with Crippen molar-refractivity contribution in [2.24, 2.45) is 16.6 Å². The van der Waals surface area contributed by atoms with Crippen molar-refractivity contribution in [3.05, 3.63) is 35.9 Å². The van der Waals surface area contributed by atoms with Gasteiger partial charge in [-0.3, -0.25) is 4.79 Å². The van der Waals surface area contributed by atoms with Crippen LogP contribution in [-0.4, -0.2) is 30.4 Å². The molecule has 2 rings (SSSR count). The van der Waals surface area contributed by atoms with E-state index in [-0.39, 0.29) is 22.8 Å². The number of hydrogen-bond donors (Lipinski definition) is 1. The van der Waals surface area contributed by atoms with Crippen LogP contribution < -0.4 is 5.73 Å². The topological polar surface area (TPSA) is 46.3 Å². The van der Waals surface area contributed by atoms with Gasteiger partial charge in [-0.15, -0.1) is 0 Å². The molecule has 1 aromatic carbocycles. The summed E-state index contributed by atoms with van der Waals surface area (Å²) in [6.45, 7) is 7.59. The molecule has 1 aromatic rings. The van der Waals surface area contributed by atoms with Crippen molar-refractivity contribution in [3.63, 3.8) is 0 Å². The lowest BCUT2D eigenvalue weighted by molar-refractivity contribution is 0.0435. The van der Waals surface area contributed by atoms with E-state index in [1.165, 1.54) is 0 Å². The third-order valence-corrected chi connectivity index (χ3v) is 4.46. The van der Waals surface area contributed by atoms with E-state index >= 15 is 0 Å². The Morgan fingerprint density at radius 3 is 2.43 bits per heavy atom. The summed E-state index contributed by atoms with van der Waals surface area (Å²) >= 11 is 0. The second-order valence-corrected chi connectivity index (χ2v) is 7.85. The summed E-state index contributed by atoms with van der Waals surface area (Å²) in [7, 11) is 1.90. The van der Waals surface area contributed by atoms with E-state index in [0.29, 0.717) is 0 Å². The van der Waals surface area contributed by atoms with Crippen molar-refractivity contribution in [1.82, 2.24) is 4.90 Å². The number of rotatable bonds is 3. The SMILES string of the molecule is CN(CC1(C)CC(N)CC(C)(C)C1)C(=O)c1ccccc1. The number of carbonyl (C=O) groups is 1. The highest BCUT2D eigenvalue weighted by Gasteiger charge is 2.41. The highest BCUT2D eigenvalue weighted by Crippen LogP contribution is 2.45. The van der Waals surface area contributed by atoms with Crippen LogP contribution >= 0.6 is 0 Å². The summed E-state index contributed by atoms with van der Waals surface area (Å²) < 4.78 is 0. The minimum Gasteiger partial charge on any atom is -0.341 e. The Morgan fingerprint density at radius 2 is 1.86 bits per heavy atom. The van der Waals surface area contributed by atoms with E-state index in [0.717, 1.165) is 31.4 Å². The number of benzene rings is 1. The minimum atomic E-state index is 0.0915. The summed E-state index contributed by atoms with van der Waals surface area (Å²) in [5, 5.41) is 0. The standard InChI is InChI=1S/C18H28N2O/c1-17(2)10-15(19)11-18(3,12-17)13-20(4)16(21)14-8-6-5-7-9-14/h5-9,15H,10-13,19H2,1-4H3. The molecule has 2 N–H and O–H groups in total. The predicted octanol–water partition coefficient (Wildman–Crippen LogP) is 3.30. The zero-order chi connectivity index (χ0) is 15.7. The van der Waals surface area contributed by atoms with Crippen molar-refractivity contribution < 1.29 is 4.79 Å². The number of nitrogens with zero attached hydrogens (tertiary/aromatic N) is 1. The fourth-order valence-corrected chi connectivity index (χ4v) is 4.28. The van der Waals surface area contributed by atoms with Crippen LogP contribution in [0.15, 0.2) is 30.3 Å². The molecule has 1 aliphatic rings. The zero-order valence-electron chi connectivity index (χ0n) is 13.7. The molecule has 21 heavy (non-hydrogen) atoms. The zero-order valence-corrected chi connectivity index (χ0v) is 13.7. The van der Waals surface area contributed by atoms with Gasteiger partial charge in [-0.05, 0) is 42.2 Å². The quantitative estimate of drug-likeness (QED) is 0.927. The number of hydrogen-bond acceptors (Lipinski definition) is 2. The van der Waals surface area contributed by atoms with Crippen molar-refractivity contribution in [1.29, 1.82) is 0 Å². The molecular weight excluding hydrogens is 260 g/mol. The average Bonchev–Trinajstić information content (AvgIpc) is 2.35. The molecule has 3 nitrogen and oxygen atoms in total. The lowest BCUT2D eigenvalue weighted by atomic mass is 9.62. The maximum absolute atomic E-state index is 12.5. The molecule has 116 valence electrons. The highest BCUT2D eigenvalue weighted by atomic mass is 16.2. The molecule has 3 heteroatoms. The Labute approximate surface area is 128 Å². The fourth-order valence-electron chi connectivity index (χ4n) is 4.28. The van der Waals surface area contributed by atoms with Crippen LogP contribution in [0.2, 0.25) is 0 Å². The number of carbonyl (C=O) groups excluding carboxylic acids is 1. The van der Waals surface area contributed by atoms with Gasteiger partial charge < -0.3 is 10.6 Å². The number of nitrogens with two attached hydrogens (primary N) is 1. The summed E-state index contributed by atoms with van der Waals surface area (Å²) in [6.07, 6.45) is 3.17. The van der Waals surface area contributed by atoms with Crippen LogP contribution in [0.3, 0.4) is 0 Å². The molecule has 0 heterocycles. The van der Waals surface area contributed by atoms with Gasteiger partial charge in [0.25, 0.3) is 5.91 Å². The molecule has 0 bridgehead atoms. The molecule has 0 radical (unpaired) electrons. The van der Waals surface area contributed by atoms with Gasteiger partial charge in [0, 0.05) is 25.2 Å². The molecule has 2 atom stereocenters. The van der Waals surface area contributed by atoms with Crippen molar-refractivity contribution in [2.75, 3.05) is 13.6 Å². The summed E-state index contributed by atoms with van der Waals surface area (Å²) in [6, 6.07) is 9.72. The van der Waals surface area contributed by atoms with Crippen LogP contribution in [0.4, 0.5) is 0 Å². The van der Waals surface area contributed by atoms with Gasteiger partial charge in [0.2, 0.25) is 0 Å². The molecule has 0 spiro atoms. The molecule has 2 unspecified atom stereocenters. The summed E-state index contributed by atoms with van der Waals surface area (Å²) in [5.41, 5.74) is 7.35. The third-order valence-electron chi connectivity index (χ3n) is 4.46. The predicted molar refractivity (Wildman–Crippen MR) is 87.1 cm³/mol. The molecular formula is C18H28N2O. The average molecular weight is 288 g/mol. The van der Waals surface area contributed by atoms with Crippen LogP contribution in [0, 0.1) is 10.8 Å². The third kappa shape index (κ3) is 4.07. The maximum atomic E-state index is 12.5. The molecule has 1 fully saturated rings. The minimum absolute atomic E-state index is 0.0915. The van der Waals surface area contributed by atoms with Gasteiger partial charge in [0.15, 0.2) is 0 Å². The smallest absolute Gasteiger partial charge is 0.253 e. The van der Waals surface area contributed by atoms with Gasteiger partial charge >= 0.3 is 0 Å². The van der Waals surface area contributed by atoms with Gasteiger partial charge in [-0.25, -0.2) is 0 Å². The van der Waals surface area contributed by atoms with Gasteiger partial charge in [-0.2, -0.15) is 0 Å². The van der Waals surface area contributed by atoms with Gasteiger partial charge in [-0.1, -0.05) is 39.0 Å². The van der Waals surface area contributed by atoms with E-state index in [1.807, 2.05) is 42.3 Å².